The first-order valence-electron chi connectivity index (χ1n) is 6.24. The number of nitrogens with zero attached hydrogens (tertiary/aromatic N) is 1. The second kappa shape index (κ2) is 4.06. The minimum absolute atomic E-state index is 0.0405. The van der Waals surface area contributed by atoms with Gasteiger partial charge in [0.1, 0.15) is 0 Å². The molecule has 88 valence electrons. The molecule has 1 aliphatic heterocycles. The third-order valence-electron chi connectivity index (χ3n) is 4.24. The predicted molar refractivity (Wildman–Crippen MR) is 66.4 cm³/mol. The van der Waals surface area contributed by atoms with Crippen LogP contribution in [0.5, 0.6) is 0 Å². The van der Waals surface area contributed by atoms with Gasteiger partial charge < -0.3 is 5.32 Å². The van der Waals surface area contributed by atoms with Crippen LogP contribution in [-0.4, -0.2) is 22.9 Å². The van der Waals surface area contributed by atoms with Crippen LogP contribution in [-0.2, 0) is 4.79 Å². The summed E-state index contributed by atoms with van der Waals surface area (Å²) < 4.78 is 0. The van der Waals surface area contributed by atoms with Crippen molar-refractivity contribution in [2.24, 2.45) is 22.7 Å². The molecule has 0 aromatic rings. The second-order valence-corrected chi connectivity index (χ2v) is 6.66. The lowest BCUT2D eigenvalue weighted by molar-refractivity contribution is -0.118. The molecule has 0 unspecified atom stereocenters. The maximum absolute atomic E-state index is 11.3. The van der Waals surface area contributed by atoms with E-state index in [1.165, 1.54) is 25.7 Å². The lowest BCUT2D eigenvalue weighted by Crippen LogP contribution is -2.24. The first-order chi connectivity index (χ1) is 7.72. The van der Waals surface area contributed by atoms with Crippen molar-refractivity contribution in [2.75, 3.05) is 6.54 Å². The highest BCUT2D eigenvalue weighted by Crippen LogP contribution is 2.48. The Kier molecular flexibility index (Phi) is 2.70. The van der Waals surface area contributed by atoms with Crippen LogP contribution < -0.4 is 5.32 Å². The number of rotatable bonds is 2. The van der Waals surface area contributed by atoms with Gasteiger partial charge in [0, 0.05) is 6.54 Å². The molecule has 3 aliphatic rings. The van der Waals surface area contributed by atoms with Gasteiger partial charge in [0.2, 0.25) is 5.91 Å². The van der Waals surface area contributed by atoms with Crippen molar-refractivity contribution in [3.05, 3.63) is 0 Å². The van der Waals surface area contributed by atoms with Gasteiger partial charge in [0.25, 0.3) is 0 Å². The summed E-state index contributed by atoms with van der Waals surface area (Å²) in [5.41, 5.74) is 0. The lowest BCUT2D eigenvalue weighted by Gasteiger charge is -2.19. The van der Waals surface area contributed by atoms with E-state index in [-0.39, 0.29) is 11.2 Å². The molecule has 3 rings (SSSR count). The Morgan fingerprint density at radius 1 is 1.44 bits per heavy atom. The van der Waals surface area contributed by atoms with E-state index in [4.69, 9.17) is 0 Å². The van der Waals surface area contributed by atoms with Gasteiger partial charge >= 0.3 is 0 Å². The highest BCUT2D eigenvalue weighted by atomic mass is 32.2. The third kappa shape index (κ3) is 1.88. The normalized spacial score (nSPS) is 44.3. The van der Waals surface area contributed by atoms with Crippen molar-refractivity contribution in [1.29, 1.82) is 0 Å². The minimum Gasteiger partial charge on any atom is -0.304 e. The summed E-state index contributed by atoms with van der Waals surface area (Å²) in [7, 11) is 0. The zero-order valence-corrected chi connectivity index (χ0v) is 10.4. The van der Waals surface area contributed by atoms with Crippen molar-refractivity contribution < 1.29 is 4.79 Å². The summed E-state index contributed by atoms with van der Waals surface area (Å²) in [6.45, 7) is 2.86. The number of carbonyl (C=O) groups excluding carboxylic acids is 1. The van der Waals surface area contributed by atoms with E-state index in [0.717, 1.165) is 29.5 Å². The Bertz CT molecular complexity index is 342. The highest BCUT2D eigenvalue weighted by Gasteiger charge is 2.39. The number of amidine groups is 1. The second-order valence-electron chi connectivity index (χ2n) is 5.33. The van der Waals surface area contributed by atoms with Crippen LogP contribution in [0.2, 0.25) is 0 Å². The summed E-state index contributed by atoms with van der Waals surface area (Å²) in [6.07, 6.45) is 5.66. The monoisotopic (exact) mass is 238 g/mol. The van der Waals surface area contributed by atoms with Crippen molar-refractivity contribution in [3.63, 3.8) is 0 Å². The number of thioether (sulfide) groups is 1. The van der Waals surface area contributed by atoms with Gasteiger partial charge in [-0.25, -0.2) is 0 Å². The van der Waals surface area contributed by atoms with Gasteiger partial charge in [-0.1, -0.05) is 18.2 Å². The van der Waals surface area contributed by atoms with E-state index in [0.29, 0.717) is 0 Å². The molecular weight excluding hydrogens is 220 g/mol. The third-order valence-corrected chi connectivity index (χ3v) is 5.26. The smallest absolute Gasteiger partial charge is 0.239 e. The molecule has 0 aromatic carbocycles. The molecule has 0 aromatic heterocycles. The summed E-state index contributed by atoms with van der Waals surface area (Å²) in [5.74, 6) is 2.81. The van der Waals surface area contributed by atoms with E-state index in [9.17, 15) is 4.79 Å². The molecule has 3 nitrogen and oxygen atoms in total. The van der Waals surface area contributed by atoms with Gasteiger partial charge in [-0.2, -0.15) is 0 Å². The van der Waals surface area contributed by atoms with Crippen LogP contribution in [0.15, 0.2) is 4.99 Å². The van der Waals surface area contributed by atoms with Crippen LogP contribution in [0.25, 0.3) is 0 Å². The summed E-state index contributed by atoms with van der Waals surface area (Å²) in [5, 5.41) is 3.73. The first kappa shape index (κ1) is 10.6. The number of aliphatic imine (C=N–C) groups is 1. The van der Waals surface area contributed by atoms with E-state index < -0.39 is 0 Å². The molecule has 3 fully saturated rings. The number of amides is 1. The van der Waals surface area contributed by atoms with Crippen molar-refractivity contribution >= 4 is 22.8 Å². The van der Waals surface area contributed by atoms with Crippen LogP contribution in [0.4, 0.5) is 0 Å². The predicted octanol–water partition coefficient (Wildman–Crippen LogP) is 2.03. The van der Waals surface area contributed by atoms with E-state index in [1.54, 1.807) is 11.8 Å². The molecule has 2 saturated carbocycles. The van der Waals surface area contributed by atoms with Crippen LogP contribution >= 0.6 is 11.8 Å². The fraction of sp³-hybridized carbons (Fsp3) is 0.833. The van der Waals surface area contributed by atoms with Gasteiger partial charge in [-0.15, -0.1) is 0 Å². The Labute approximate surface area is 100 Å². The Morgan fingerprint density at radius 2 is 2.31 bits per heavy atom. The van der Waals surface area contributed by atoms with Crippen molar-refractivity contribution in [3.8, 4) is 0 Å². The number of hydrogen-bond acceptors (Lipinski definition) is 3. The molecule has 16 heavy (non-hydrogen) atoms. The molecule has 1 heterocycles. The standard InChI is InChI=1S/C12H18N2OS/c1-7-11(15)14-12(16-7)13-6-10-5-8-2-3-9(10)4-8/h7-10H,2-6H2,1H3,(H,13,14,15)/t7-,8-,9+,10-/m1/s1. The number of carbonyl (C=O) groups is 1. The molecule has 2 bridgehead atoms. The van der Waals surface area contributed by atoms with Crippen LogP contribution in [0, 0.1) is 17.8 Å². The maximum Gasteiger partial charge on any atom is 0.239 e. The summed E-state index contributed by atoms with van der Waals surface area (Å²) >= 11 is 1.57. The zero-order valence-electron chi connectivity index (χ0n) is 9.61. The minimum atomic E-state index is 0.0405. The fourth-order valence-electron chi connectivity index (χ4n) is 3.33. The van der Waals surface area contributed by atoms with Crippen LogP contribution in [0.3, 0.4) is 0 Å². The molecule has 1 N–H and O–H groups in total. The maximum atomic E-state index is 11.3. The Morgan fingerprint density at radius 3 is 2.88 bits per heavy atom. The largest absolute Gasteiger partial charge is 0.304 e. The highest BCUT2D eigenvalue weighted by molar-refractivity contribution is 8.15. The van der Waals surface area contributed by atoms with Gasteiger partial charge in [-0.05, 0) is 43.9 Å². The topological polar surface area (TPSA) is 41.5 Å². The first-order valence-corrected chi connectivity index (χ1v) is 7.12. The number of fused-ring (bicyclic) bond motifs is 2. The number of nitrogens with one attached hydrogen (secondary N) is 1. The van der Waals surface area contributed by atoms with Crippen LogP contribution in [0.1, 0.15) is 32.6 Å². The average Bonchev–Trinajstić information content (AvgIpc) is 2.92. The molecule has 1 saturated heterocycles. The zero-order chi connectivity index (χ0) is 11.1. The van der Waals surface area contributed by atoms with Gasteiger partial charge in [0.05, 0.1) is 5.25 Å². The Hall–Kier alpha value is -0.510. The summed E-state index contributed by atoms with van der Waals surface area (Å²) in [4.78, 5) is 15.9. The molecule has 1 amide bonds. The molecule has 0 spiro atoms. The Balaban J connectivity index is 1.57. The number of hydrogen-bond donors (Lipinski definition) is 1. The molecule has 4 heteroatoms. The molecular formula is C12H18N2OS. The SMILES string of the molecule is C[C@H]1SC(=NC[C@H]2C[C@@H]3CC[C@H]2C3)NC1=O. The van der Waals surface area contributed by atoms with Gasteiger partial charge in [-0.3, -0.25) is 9.79 Å². The quantitative estimate of drug-likeness (QED) is 0.799. The molecule has 2 aliphatic carbocycles. The van der Waals surface area contributed by atoms with Gasteiger partial charge in [0.15, 0.2) is 5.17 Å². The fourth-order valence-corrected chi connectivity index (χ4v) is 4.14. The summed E-state index contributed by atoms with van der Waals surface area (Å²) in [6, 6.07) is 0. The average molecular weight is 238 g/mol. The van der Waals surface area contributed by atoms with Crippen molar-refractivity contribution in [2.45, 2.75) is 37.9 Å². The van der Waals surface area contributed by atoms with E-state index in [2.05, 4.69) is 10.3 Å². The molecule has 4 atom stereocenters. The lowest BCUT2D eigenvalue weighted by atomic mass is 9.89. The van der Waals surface area contributed by atoms with E-state index >= 15 is 0 Å². The molecule has 0 radical (unpaired) electrons. The van der Waals surface area contributed by atoms with Crippen molar-refractivity contribution in [1.82, 2.24) is 5.32 Å². The van der Waals surface area contributed by atoms with E-state index in [1.807, 2.05) is 6.92 Å².